The molecule has 2 unspecified atom stereocenters. The number of carbonyl (C=O) groups excluding carboxylic acids is 3. The van der Waals surface area contributed by atoms with E-state index in [9.17, 15) is 14.4 Å². The molecule has 0 radical (unpaired) electrons. The lowest BCUT2D eigenvalue weighted by Crippen LogP contribution is -2.54. The third-order valence-corrected chi connectivity index (χ3v) is 5.73. The fraction of sp³-hybridized carbons (Fsp3) is 0.591. The molecule has 3 rings (SSSR count). The average molecular weight is 386 g/mol. The summed E-state index contributed by atoms with van der Waals surface area (Å²) in [6.07, 6.45) is 3.96. The lowest BCUT2D eigenvalue weighted by molar-refractivity contribution is -0.137. The summed E-state index contributed by atoms with van der Waals surface area (Å²) in [6, 6.07) is 9.63. The second kappa shape index (κ2) is 7.94. The predicted molar refractivity (Wildman–Crippen MR) is 108 cm³/mol. The van der Waals surface area contributed by atoms with Crippen LogP contribution >= 0.6 is 0 Å². The van der Waals surface area contributed by atoms with Gasteiger partial charge in [-0.25, -0.2) is 4.79 Å². The van der Waals surface area contributed by atoms with Gasteiger partial charge in [0.15, 0.2) is 0 Å². The molecule has 1 heterocycles. The van der Waals surface area contributed by atoms with Crippen molar-refractivity contribution >= 4 is 17.8 Å². The molecule has 0 bridgehead atoms. The predicted octanol–water partition coefficient (Wildman–Crippen LogP) is 2.87. The second-order valence-electron chi connectivity index (χ2n) is 9.20. The third kappa shape index (κ3) is 4.54. The number of hydrogen-bond donors (Lipinski definition) is 2. The molecular weight excluding hydrogens is 354 g/mol. The molecule has 1 saturated carbocycles. The van der Waals surface area contributed by atoms with Crippen LogP contribution in [0.15, 0.2) is 30.3 Å². The summed E-state index contributed by atoms with van der Waals surface area (Å²) in [5.74, 6) is -0.201. The summed E-state index contributed by atoms with van der Waals surface area (Å²) >= 11 is 0. The molecular formula is C22H31N3O3. The van der Waals surface area contributed by atoms with Gasteiger partial charge in [0.25, 0.3) is 5.91 Å². The van der Waals surface area contributed by atoms with Crippen LogP contribution in [0.3, 0.4) is 0 Å². The number of rotatable bonds is 6. The summed E-state index contributed by atoms with van der Waals surface area (Å²) in [5, 5.41) is 5.73. The first-order valence-corrected chi connectivity index (χ1v) is 10.2. The Labute approximate surface area is 167 Å². The molecule has 1 spiro atoms. The Hall–Kier alpha value is -2.37. The van der Waals surface area contributed by atoms with Gasteiger partial charge in [0.2, 0.25) is 5.91 Å². The van der Waals surface area contributed by atoms with Gasteiger partial charge >= 0.3 is 6.03 Å². The van der Waals surface area contributed by atoms with Gasteiger partial charge in [0, 0.05) is 6.54 Å². The smallest absolute Gasteiger partial charge is 0.325 e. The minimum Gasteiger partial charge on any atom is -0.355 e. The number of nitrogens with one attached hydrogen (secondary N) is 2. The van der Waals surface area contributed by atoms with E-state index in [0.717, 1.165) is 24.2 Å². The summed E-state index contributed by atoms with van der Waals surface area (Å²) in [7, 11) is 0. The van der Waals surface area contributed by atoms with Crippen LogP contribution in [0.2, 0.25) is 0 Å². The minimum absolute atomic E-state index is 0.0175. The van der Waals surface area contributed by atoms with E-state index in [1.807, 2.05) is 18.2 Å². The van der Waals surface area contributed by atoms with Crippen molar-refractivity contribution in [2.75, 3.05) is 13.1 Å². The van der Waals surface area contributed by atoms with E-state index in [1.54, 1.807) is 0 Å². The Balaban J connectivity index is 1.52. The van der Waals surface area contributed by atoms with E-state index in [-0.39, 0.29) is 23.8 Å². The van der Waals surface area contributed by atoms with Gasteiger partial charge in [-0.15, -0.1) is 0 Å². The van der Waals surface area contributed by atoms with Crippen molar-refractivity contribution in [3.63, 3.8) is 0 Å². The molecule has 1 aliphatic carbocycles. The van der Waals surface area contributed by atoms with E-state index < -0.39 is 11.6 Å². The molecule has 6 heteroatoms. The van der Waals surface area contributed by atoms with Gasteiger partial charge in [-0.2, -0.15) is 0 Å². The molecule has 1 aliphatic heterocycles. The maximum absolute atomic E-state index is 13.0. The topological polar surface area (TPSA) is 78.5 Å². The summed E-state index contributed by atoms with van der Waals surface area (Å²) in [4.78, 5) is 38.8. The molecule has 2 N–H and O–H groups in total. The molecule has 1 aromatic carbocycles. The van der Waals surface area contributed by atoms with Crippen molar-refractivity contribution in [2.45, 2.75) is 58.4 Å². The SMILES string of the molecule is CC1CC(C)(C)CC2(C1)NC(=O)N(CC(=O)NCCCc1ccccc1)C2=O. The fourth-order valence-electron chi connectivity index (χ4n) is 5.01. The number of aryl methyl sites for hydroxylation is 1. The van der Waals surface area contributed by atoms with Gasteiger partial charge in [0.1, 0.15) is 12.1 Å². The van der Waals surface area contributed by atoms with Crippen LogP contribution in [0.5, 0.6) is 0 Å². The lowest BCUT2D eigenvalue weighted by Gasteiger charge is -2.43. The Morgan fingerprint density at radius 2 is 1.93 bits per heavy atom. The molecule has 2 fully saturated rings. The van der Waals surface area contributed by atoms with Gasteiger partial charge in [0.05, 0.1) is 0 Å². The van der Waals surface area contributed by atoms with E-state index in [0.29, 0.717) is 25.3 Å². The van der Waals surface area contributed by atoms with Crippen LogP contribution in [0.25, 0.3) is 0 Å². The zero-order chi connectivity index (χ0) is 20.4. The van der Waals surface area contributed by atoms with E-state index in [4.69, 9.17) is 0 Å². The number of nitrogens with zero attached hydrogens (tertiary/aromatic N) is 1. The van der Waals surface area contributed by atoms with E-state index >= 15 is 0 Å². The monoisotopic (exact) mass is 385 g/mol. The zero-order valence-electron chi connectivity index (χ0n) is 17.1. The quantitative estimate of drug-likeness (QED) is 0.584. The van der Waals surface area contributed by atoms with Crippen molar-refractivity contribution in [3.05, 3.63) is 35.9 Å². The highest BCUT2D eigenvalue weighted by molar-refractivity contribution is 6.09. The van der Waals surface area contributed by atoms with Crippen molar-refractivity contribution in [1.82, 2.24) is 15.5 Å². The maximum Gasteiger partial charge on any atom is 0.325 e. The summed E-state index contributed by atoms with van der Waals surface area (Å²) in [6.45, 7) is 6.68. The Morgan fingerprint density at radius 3 is 2.61 bits per heavy atom. The third-order valence-electron chi connectivity index (χ3n) is 5.73. The summed E-state index contributed by atoms with van der Waals surface area (Å²) in [5.41, 5.74) is 0.351. The Kier molecular flexibility index (Phi) is 5.77. The lowest BCUT2D eigenvalue weighted by atomic mass is 9.64. The molecule has 1 saturated heterocycles. The molecule has 6 nitrogen and oxygen atoms in total. The first kappa shape index (κ1) is 20.4. The van der Waals surface area contributed by atoms with Crippen LogP contribution in [-0.2, 0) is 16.0 Å². The van der Waals surface area contributed by atoms with Crippen LogP contribution < -0.4 is 10.6 Å². The number of benzene rings is 1. The normalized spacial score (nSPS) is 26.4. The molecule has 4 amide bonds. The molecule has 28 heavy (non-hydrogen) atoms. The van der Waals surface area contributed by atoms with Crippen molar-refractivity contribution in [3.8, 4) is 0 Å². The second-order valence-corrected chi connectivity index (χ2v) is 9.20. The highest BCUT2D eigenvalue weighted by Crippen LogP contribution is 2.46. The van der Waals surface area contributed by atoms with E-state index in [2.05, 4.69) is 43.5 Å². The molecule has 2 atom stereocenters. The van der Waals surface area contributed by atoms with Crippen molar-refractivity contribution < 1.29 is 14.4 Å². The maximum atomic E-state index is 13.0. The largest absolute Gasteiger partial charge is 0.355 e. The standard InChI is InChI=1S/C22H31N3O3/c1-16-12-21(2,3)15-22(13-16)19(27)25(20(28)24-22)14-18(26)23-11-7-10-17-8-5-4-6-9-17/h4-6,8-9,16H,7,10-15H2,1-3H3,(H,23,26)(H,24,28). The Bertz CT molecular complexity index is 747. The number of amides is 4. The highest BCUT2D eigenvalue weighted by atomic mass is 16.2. The summed E-state index contributed by atoms with van der Waals surface area (Å²) < 4.78 is 0. The molecule has 1 aromatic rings. The average Bonchev–Trinajstić information content (AvgIpc) is 2.81. The van der Waals surface area contributed by atoms with Crippen LogP contribution in [0.1, 0.15) is 52.0 Å². The van der Waals surface area contributed by atoms with Crippen LogP contribution in [0, 0.1) is 11.3 Å². The number of carbonyl (C=O) groups is 3. The fourth-order valence-corrected chi connectivity index (χ4v) is 5.01. The van der Waals surface area contributed by atoms with Crippen molar-refractivity contribution in [1.29, 1.82) is 0 Å². The van der Waals surface area contributed by atoms with E-state index in [1.165, 1.54) is 5.56 Å². The first-order valence-electron chi connectivity index (χ1n) is 10.2. The van der Waals surface area contributed by atoms with Gasteiger partial charge in [-0.3, -0.25) is 14.5 Å². The van der Waals surface area contributed by atoms with Gasteiger partial charge in [-0.1, -0.05) is 51.1 Å². The minimum atomic E-state index is -0.855. The van der Waals surface area contributed by atoms with Crippen molar-refractivity contribution in [2.24, 2.45) is 11.3 Å². The molecule has 152 valence electrons. The van der Waals surface area contributed by atoms with Crippen LogP contribution in [-0.4, -0.2) is 41.4 Å². The number of imide groups is 1. The molecule has 2 aliphatic rings. The van der Waals surface area contributed by atoms with Gasteiger partial charge < -0.3 is 10.6 Å². The number of urea groups is 1. The Morgan fingerprint density at radius 1 is 1.21 bits per heavy atom. The van der Waals surface area contributed by atoms with Crippen LogP contribution in [0.4, 0.5) is 4.79 Å². The first-order chi connectivity index (χ1) is 13.2. The molecule has 0 aromatic heterocycles. The number of hydrogen-bond acceptors (Lipinski definition) is 3. The van der Waals surface area contributed by atoms with Gasteiger partial charge in [-0.05, 0) is 49.0 Å². The highest BCUT2D eigenvalue weighted by Gasteiger charge is 2.56. The zero-order valence-corrected chi connectivity index (χ0v) is 17.1.